The first kappa shape index (κ1) is 13.7. The van der Waals surface area contributed by atoms with Crippen LogP contribution in [0.1, 0.15) is 25.8 Å². The highest BCUT2D eigenvalue weighted by molar-refractivity contribution is 5.73. The Morgan fingerprint density at radius 3 is 2.84 bits per heavy atom. The fourth-order valence-electron chi connectivity index (χ4n) is 2.22. The van der Waals surface area contributed by atoms with Crippen molar-refractivity contribution in [2.75, 3.05) is 24.5 Å². The standard InChI is InChI=1S/C13H21N5O/c1-3-14-6-11-7-15-13(16-8-11)18-5-4-12(9-18)17-10(2)19/h7-8,12,14H,3-6,9H2,1-2H3,(H,17,19). The van der Waals surface area contributed by atoms with Crippen LogP contribution in [0.4, 0.5) is 5.95 Å². The third-order valence-corrected chi connectivity index (χ3v) is 3.15. The van der Waals surface area contributed by atoms with Gasteiger partial charge >= 0.3 is 0 Å². The van der Waals surface area contributed by atoms with Crippen molar-refractivity contribution in [3.63, 3.8) is 0 Å². The van der Waals surface area contributed by atoms with Crippen molar-refractivity contribution in [3.8, 4) is 0 Å². The molecule has 0 saturated carbocycles. The summed E-state index contributed by atoms with van der Waals surface area (Å²) in [6.07, 6.45) is 4.66. The molecule has 1 aliphatic rings. The van der Waals surface area contributed by atoms with Crippen molar-refractivity contribution in [2.45, 2.75) is 32.9 Å². The number of carbonyl (C=O) groups is 1. The van der Waals surface area contributed by atoms with Gasteiger partial charge in [0.2, 0.25) is 11.9 Å². The number of carbonyl (C=O) groups excluding carboxylic acids is 1. The number of aromatic nitrogens is 2. The predicted molar refractivity (Wildman–Crippen MR) is 73.8 cm³/mol. The molecule has 2 rings (SSSR count). The molecular formula is C13H21N5O. The first-order valence-corrected chi connectivity index (χ1v) is 6.72. The van der Waals surface area contributed by atoms with Gasteiger partial charge in [0.25, 0.3) is 0 Å². The second-order valence-corrected chi connectivity index (χ2v) is 4.80. The molecular weight excluding hydrogens is 242 g/mol. The van der Waals surface area contributed by atoms with E-state index in [1.807, 2.05) is 12.4 Å². The Kier molecular flexibility index (Phi) is 4.68. The average molecular weight is 263 g/mol. The molecule has 0 aromatic carbocycles. The van der Waals surface area contributed by atoms with Crippen LogP contribution in [0.3, 0.4) is 0 Å². The Hall–Kier alpha value is -1.69. The summed E-state index contributed by atoms with van der Waals surface area (Å²) in [6, 6.07) is 0.211. The summed E-state index contributed by atoms with van der Waals surface area (Å²) in [5.74, 6) is 0.766. The van der Waals surface area contributed by atoms with Crippen molar-refractivity contribution in [3.05, 3.63) is 18.0 Å². The van der Waals surface area contributed by atoms with Gasteiger partial charge in [0.1, 0.15) is 0 Å². The number of nitrogens with zero attached hydrogens (tertiary/aromatic N) is 3. The molecule has 0 radical (unpaired) electrons. The minimum absolute atomic E-state index is 0.0220. The number of hydrogen-bond acceptors (Lipinski definition) is 5. The second-order valence-electron chi connectivity index (χ2n) is 4.80. The zero-order valence-corrected chi connectivity index (χ0v) is 11.5. The molecule has 1 fully saturated rings. The van der Waals surface area contributed by atoms with Gasteiger partial charge in [-0.15, -0.1) is 0 Å². The molecule has 1 aliphatic heterocycles. The third-order valence-electron chi connectivity index (χ3n) is 3.15. The summed E-state index contributed by atoms with van der Waals surface area (Å²) in [5.41, 5.74) is 1.09. The summed E-state index contributed by atoms with van der Waals surface area (Å²) in [7, 11) is 0. The van der Waals surface area contributed by atoms with E-state index in [2.05, 4.69) is 32.4 Å². The number of rotatable bonds is 5. The van der Waals surface area contributed by atoms with Gasteiger partial charge in [0, 0.05) is 50.6 Å². The van der Waals surface area contributed by atoms with Crippen LogP contribution in [0.25, 0.3) is 0 Å². The van der Waals surface area contributed by atoms with E-state index in [9.17, 15) is 4.79 Å². The molecule has 0 aliphatic carbocycles. The summed E-state index contributed by atoms with van der Waals surface area (Å²) >= 11 is 0. The van der Waals surface area contributed by atoms with Gasteiger partial charge < -0.3 is 15.5 Å². The third kappa shape index (κ3) is 3.89. The SMILES string of the molecule is CCNCc1cnc(N2CCC(NC(C)=O)C2)nc1. The number of amides is 1. The Balaban J connectivity index is 1.90. The van der Waals surface area contributed by atoms with Crippen molar-refractivity contribution < 1.29 is 4.79 Å². The summed E-state index contributed by atoms with van der Waals surface area (Å²) in [4.78, 5) is 21.9. The maximum absolute atomic E-state index is 11.0. The van der Waals surface area contributed by atoms with E-state index in [-0.39, 0.29) is 11.9 Å². The van der Waals surface area contributed by atoms with E-state index in [0.29, 0.717) is 0 Å². The van der Waals surface area contributed by atoms with Crippen LogP contribution in [0.2, 0.25) is 0 Å². The average Bonchev–Trinajstić information content (AvgIpc) is 2.84. The van der Waals surface area contributed by atoms with Gasteiger partial charge in [-0.25, -0.2) is 9.97 Å². The summed E-state index contributed by atoms with van der Waals surface area (Å²) in [6.45, 7) is 7.03. The largest absolute Gasteiger partial charge is 0.352 e. The molecule has 1 saturated heterocycles. The van der Waals surface area contributed by atoms with Crippen LogP contribution >= 0.6 is 0 Å². The van der Waals surface area contributed by atoms with Gasteiger partial charge in [-0.05, 0) is 13.0 Å². The molecule has 1 atom stereocenters. The maximum atomic E-state index is 11.0. The van der Waals surface area contributed by atoms with Gasteiger partial charge in [-0.2, -0.15) is 0 Å². The van der Waals surface area contributed by atoms with Gasteiger partial charge in [0.15, 0.2) is 0 Å². The Labute approximate surface area is 113 Å². The highest BCUT2D eigenvalue weighted by Crippen LogP contribution is 2.15. The van der Waals surface area contributed by atoms with Crippen LogP contribution in [-0.4, -0.2) is 41.6 Å². The molecule has 6 heteroatoms. The lowest BCUT2D eigenvalue weighted by atomic mass is 10.3. The first-order chi connectivity index (χ1) is 9.19. The van der Waals surface area contributed by atoms with E-state index < -0.39 is 0 Å². The lowest BCUT2D eigenvalue weighted by molar-refractivity contribution is -0.119. The minimum Gasteiger partial charge on any atom is -0.352 e. The van der Waals surface area contributed by atoms with Gasteiger partial charge in [-0.3, -0.25) is 4.79 Å². The lowest BCUT2D eigenvalue weighted by Gasteiger charge is -2.16. The number of nitrogens with one attached hydrogen (secondary N) is 2. The number of hydrogen-bond donors (Lipinski definition) is 2. The zero-order valence-electron chi connectivity index (χ0n) is 11.5. The minimum atomic E-state index is 0.0220. The topological polar surface area (TPSA) is 70.2 Å². The molecule has 6 nitrogen and oxygen atoms in total. The smallest absolute Gasteiger partial charge is 0.225 e. The van der Waals surface area contributed by atoms with Crippen molar-refractivity contribution in [1.82, 2.24) is 20.6 Å². The normalized spacial score (nSPS) is 18.6. The van der Waals surface area contributed by atoms with Gasteiger partial charge in [-0.1, -0.05) is 6.92 Å². The molecule has 1 unspecified atom stereocenters. The molecule has 1 aromatic heterocycles. The molecule has 1 amide bonds. The van der Waals surface area contributed by atoms with Crippen molar-refractivity contribution in [2.24, 2.45) is 0 Å². The second kappa shape index (κ2) is 6.47. The molecule has 2 N–H and O–H groups in total. The first-order valence-electron chi connectivity index (χ1n) is 6.72. The van der Waals surface area contributed by atoms with E-state index >= 15 is 0 Å². The molecule has 19 heavy (non-hydrogen) atoms. The summed E-state index contributed by atoms with van der Waals surface area (Å²) in [5, 5.41) is 6.18. The summed E-state index contributed by atoms with van der Waals surface area (Å²) < 4.78 is 0. The van der Waals surface area contributed by atoms with Gasteiger partial charge in [0.05, 0.1) is 0 Å². The molecule has 1 aromatic rings. The van der Waals surface area contributed by atoms with Crippen LogP contribution in [-0.2, 0) is 11.3 Å². The fraction of sp³-hybridized carbons (Fsp3) is 0.615. The highest BCUT2D eigenvalue weighted by atomic mass is 16.1. The molecule has 2 heterocycles. The van der Waals surface area contributed by atoms with Crippen LogP contribution in [0, 0.1) is 0 Å². The lowest BCUT2D eigenvalue weighted by Crippen LogP contribution is -2.35. The van der Waals surface area contributed by atoms with Crippen molar-refractivity contribution >= 4 is 11.9 Å². The highest BCUT2D eigenvalue weighted by Gasteiger charge is 2.24. The van der Waals surface area contributed by atoms with E-state index in [0.717, 1.165) is 44.1 Å². The Bertz CT molecular complexity index is 420. The Morgan fingerprint density at radius 1 is 1.47 bits per heavy atom. The van der Waals surface area contributed by atoms with Crippen molar-refractivity contribution in [1.29, 1.82) is 0 Å². The maximum Gasteiger partial charge on any atom is 0.225 e. The Morgan fingerprint density at radius 2 is 2.21 bits per heavy atom. The molecule has 0 bridgehead atoms. The van der Waals surface area contributed by atoms with E-state index in [1.165, 1.54) is 0 Å². The van der Waals surface area contributed by atoms with Crippen LogP contribution < -0.4 is 15.5 Å². The fourth-order valence-corrected chi connectivity index (χ4v) is 2.22. The van der Waals surface area contributed by atoms with Crippen LogP contribution in [0.15, 0.2) is 12.4 Å². The number of anilines is 1. The molecule has 104 valence electrons. The predicted octanol–water partition coefficient (Wildman–Crippen LogP) is 0.301. The zero-order chi connectivity index (χ0) is 13.7. The van der Waals surface area contributed by atoms with E-state index in [4.69, 9.17) is 0 Å². The quantitative estimate of drug-likeness (QED) is 0.799. The molecule has 0 spiro atoms. The van der Waals surface area contributed by atoms with Crippen LogP contribution in [0.5, 0.6) is 0 Å². The monoisotopic (exact) mass is 263 g/mol. The van der Waals surface area contributed by atoms with E-state index in [1.54, 1.807) is 6.92 Å².